The van der Waals surface area contributed by atoms with Crippen molar-refractivity contribution in [2.75, 3.05) is 40.4 Å². The van der Waals surface area contributed by atoms with Crippen LogP contribution in [0.2, 0.25) is 0 Å². The summed E-state index contributed by atoms with van der Waals surface area (Å²) in [6.45, 7) is 6.66. The lowest BCUT2D eigenvalue weighted by atomic mass is 10.0. The molecule has 6 nitrogen and oxygen atoms in total. The van der Waals surface area contributed by atoms with Crippen molar-refractivity contribution in [3.05, 3.63) is 41.3 Å². The van der Waals surface area contributed by atoms with E-state index in [1.165, 1.54) is 5.56 Å². The molecule has 1 amide bonds. The lowest BCUT2D eigenvalue weighted by Crippen LogP contribution is -2.44. The molecule has 1 saturated heterocycles. The summed E-state index contributed by atoms with van der Waals surface area (Å²) in [7, 11) is 3.61. The molecule has 2 heterocycles. The van der Waals surface area contributed by atoms with Gasteiger partial charge in [-0.2, -0.15) is 0 Å². The van der Waals surface area contributed by atoms with Crippen LogP contribution in [0.1, 0.15) is 23.4 Å². The Morgan fingerprint density at radius 2 is 2.07 bits per heavy atom. The van der Waals surface area contributed by atoms with Crippen LogP contribution in [-0.4, -0.2) is 67.3 Å². The zero-order valence-corrected chi connectivity index (χ0v) is 17.9. The predicted molar refractivity (Wildman–Crippen MR) is 112 cm³/mol. The van der Waals surface area contributed by atoms with E-state index < -0.39 is 0 Å². The zero-order chi connectivity index (χ0) is 19.4. The molecule has 1 atom stereocenters. The summed E-state index contributed by atoms with van der Waals surface area (Å²) in [5, 5.41) is 4.06. The van der Waals surface area contributed by atoms with Gasteiger partial charge in [-0.15, -0.1) is 12.4 Å². The van der Waals surface area contributed by atoms with E-state index in [4.69, 9.17) is 9.26 Å². The molecule has 3 rings (SSSR count). The normalized spacial score (nSPS) is 16.2. The average molecular weight is 408 g/mol. The van der Waals surface area contributed by atoms with Gasteiger partial charge in [0, 0.05) is 38.9 Å². The number of hydrogen-bond donors (Lipinski definition) is 0. The highest BCUT2D eigenvalue weighted by atomic mass is 35.5. The van der Waals surface area contributed by atoms with E-state index in [1.807, 2.05) is 13.8 Å². The van der Waals surface area contributed by atoms with Crippen molar-refractivity contribution in [3.63, 3.8) is 0 Å². The van der Waals surface area contributed by atoms with Crippen molar-refractivity contribution in [2.45, 2.75) is 32.7 Å². The van der Waals surface area contributed by atoms with Crippen LogP contribution in [0.15, 0.2) is 28.8 Å². The summed E-state index contributed by atoms with van der Waals surface area (Å²) in [5.41, 5.74) is 4.35. The van der Waals surface area contributed by atoms with Gasteiger partial charge in [-0.05, 0) is 37.8 Å². The van der Waals surface area contributed by atoms with Gasteiger partial charge in [-0.1, -0.05) is 29.4 Å². The summed E-state index contributed by atoms with van der Waals surface area (Å²) in [6.07, 6.45) is 1.87. The zero-order valence-electron chi connectivity index (χ0n) is 17.1. The molecular formula is C21H30ClN3O3. The summed E-state index contributed by atoms with van der Waals surface area (Å²) < 4.78 is 10.8. The maximum Gasteiger partial charge on any atom is 0.236 e. The molecule has 0 saturated carbocycles. The van der Waals surface area contributed by atoms with E-state index in [0.29, 0.717) is 19.2 Å². The fourth-order valence-corrected chi connectivity index (χ4v) is 3.57. The number of nitrogens with zero attached hydrogens (tertiary/aromatic N) is 3. The van der Waals surface area contributed by atoms with Crippen LogP contribution in [0.4, 0.5) is 0 Å². The minimum absolute atomic E-state index is 0. The number of rotatable bonds is 7. The Morgan fingerprint density at radius 1 is 1.29 bits per heavy atom. The number of halogens is 1. The molecule has 1 aromatic carbocycles. The van der Waals surface area contributed by atoms with Gasteiger partial charge in [-0.3, -0.25) is 9.69 Å². The Morgan fingerprint density at radius 3 is 2.68 bits per heavy atom. The molecule has 0 bridgehead atoms. The molecule has 0 N–H and O–H groups in total. The van der Waals surface area contributed by atoms with E-state index in [1.54, 1.807) is 19.0 Å². The molecule has 0 spiro atoms. The smallest absolute Gasteiger partial charge is 0.236 e. The fourth-order valence-electron chi connectivity index (χ4n) is 3.57. The van der Waals surface area contributed by atoms with Crippen molar-refractivity contribution >= 4 is 18.3 Å². The summed E-state index contributed by atoms with van der Waals surface area (Å²) >= 11 is 0. The van der Waals surface area contributed by atoms with Gasteiger partial charge in [0.05, 0.1) is 18.8 Å². The highest BCUT2D eigenvalue weighted by Crippen LogP contribution is 2.27. The van der Waals surface area contributed by atoms with Gasteiger partial charge in [0.15, 0.2) is 0 Å². The SMILES string of the molecule is Cc1noc(C)c1-c1cccc(CCN(CC(=O)N(C)C)C2CCOC2)c1.Cl. The first-order chi connectivity index (χ1) is 13.0. The lowest BCUT2D eigenvalue weighted by molar-refractivity contribution is -0.130. The van der Waals surface area contributed by atoms with E-state index in [0.717, 1.165) is 48.6 Å². The van der Waals surface area contributed by atoms with Crippen LogP contribution in [0.5, 0.6) is 0 Å². The van der Waals surface area contributed by atoms with E-state index in [9.17, 15) is 4.79 Å². The average Bonchev–Trinajstić information content (AvgIpc) is 3.28. The number of ether oxygens (including phenoxy) is 1. The minimum Gasteiger partial charge on any atom is -0.380 e. The van der Waals surface area contributed by atoms with Crippen molar-refractivity contribution in [2.24, 2.45) is 0 Å². The number of benzene rings is 1. The number of amides is 1. The van der Waals surface area contributed by atoms with Crippen LogP contribution in [0, 0.1) is 13.8 Å². The van der Waals surface area contributed by atoms with Crippen LogP contribution < -0.4 is 0 Å². The molecule has 7 heteroatoms. The van der Waals surface area contributed by atoms with Gasteiger partial charge in [0.25, 0.3) is 0 Å². The quantitative estimate of drug-likeness (QED) is 0.705. The first kappa shape index (κ1) is 22.4. The molecule has 0 aliphatic carbocycles. The van der Waals surface area contributed by atoms with Crippen molar-refractivity contribution in [1.82, 2.24) is 15.0 Å². The van der Waals surface area contributed by atoms with Gasteiger partial charge >= 0.3 is 0 Å². The van der Waals surface area contributed by atoms with Gasteiger partial charge in [0.2, 0.25) is 5.91 Å². The van der Waals surface area contributed by atoms with Crippen LogP contribution in [0.25, 0.3) is 11.1 Å². The molecule has 1 aromatic heterocycles. The van der Waals surface area contributed by atoms with Crippen molar-refractivity contribution in [3.8, 4) is 11.1 Å². The molecule has 28 heavy (non-hydrogen) atoms. The molecule has 154 valence electrons. The molecule has 1 fully saturated rings. The Balaban J connectivity index is 0.00000280. The van der Waals surface area contributed by atoms with Gasteiger partial charge < -0.3 is 14.2 Å². The number of hydrogen-bond acceptors (Lipinski definition) is 5. The van der Waals surface area contributed by atoms with Gasteiger partial charge in [-0.25, -0.2) is 0 Å². The standard InChI is InChI=1S/C21H29N3O3.ClH/c1-15-21(16(2)27-22-15)18-7-5-6-17(12-18)8-10-24(13-20(25)23(3)4)19-9-11-26-14-19;/h5-7,12,19H,8-11,13-14H2,1-4H3;1H. The fraction of sp³-hybridized carbons (Fsp3) is 0.524. The largest absolute Gasteiger partial charge is 0.380 e. The number of carbonyl (C=O) groups is 1. The molecule has 1 aliphatic heterocycles. The molecule has 1 unspecified atom stereocenters. The van der Waals surface area contributed by atoms with E-state index in [2.05, 4.69) is 34.3 Å². The third-order valence-electron chi connectivity index (χ3n) is 5.20. The third-order valence-corrected chi connectivity index (χ3v) is 5.20. The van der Waals surface area contributed by atoms with E-state index in [-0.39, 0.29) is 18.3 Å². The molecule has 0 radical (unpaired) electrons. The number of aryl methyl sites for hydroxylation is 2. The molecule has 1 aliphatic rings. The topological polar surface area (TPSA) is 58.8 Å². The minimum atomic E-state index is 0. The Labute approximate surface area is 173 Å². The van der Waals surface area contributed by atoms with Gasteiger partial charge in [0.1, 0.15) is 5.76 Å². The highest BCUT2D eigenvalue weighted by molar-refractivity contribution is 5.85. The summed E-state index contributed by atoms with van der Waals surface area (Å²) in [5.74, 6) is 0.970. The third kappa shape index (κ3) is 5.34. The van der Waals surface area contributed by atoms with Crippen LogP contribution in [0.3, 0.4) is 0 Å². The van der Waals surface area contributed by atoms with Crippen molar-refractivity contribution in [1.29, 1.82) is 0 Å². The predicted octanol–water partition coefficient (Wildman–Crippen LogP) is 3.10. The highest BCUT2D eigenvalue weighted by Gasteiger charge is 2.25. The maximum absolute atomic E-state index is 12.2. The van der Waals surface area contributed by atoms with Crippen LogP contribution in [-0.2, 0) is 16.0 Å². The maximum atomic E-state index is 12.2. The Bertz CT molecular complexity index is 765. The number of likely N-dealkylation sites (N-methyl/N-ethyl adjacent to an activating group) is 1. The summed E-state index contributed by atoms with van der Waals surface area (Å²) in [4.78, 5) is 16.1. The summed E-state index contributed by atoms with van der Waals surface area (Å²) in [6, 6.07) is 8.82. The number of aromatic nitrogens is 1. The number of carbonyl (C=O) groups excluding carboxylic acids is 1. The second-order valence-corrected chi connectivity index (χ2v) is 7.43. The monoisotopic (exact) mass is 407 g/mol. The first-order valence-electron chi connectivity index (χ1n) is 9.50. The molecule has 2 aromatic rings. The van der Waals surface area contributed by atoms with E-state index >= 15 is 0 Å². The second kappa shape index (κ2) is 10.0. The van der Waals surface area contributed by atoms with Crippen molar-refractivity contribution < 1.29 is 14.1 Å². The lowest BCUT2D eigenvalue weighted by Gasteiger charge is -2.28. The second-order valence-electron chi connectivity index (χ2n) is 7.43. The Kier molecular flexibility index (Phi) is 8.04. The Hall–Kier alpha value is -1.89. The molecular weight excluding hydrogens is 378 g/mol. The van der Waals surface area contributed by atoms with Crippen LogP contribution >= 0.6 is 12.4 Å². The first-order valence-corrected chi connectivity index (χ1v) is 9.50.